The Hall–Kier alpha value is -2.75. The topological polar surface area (TPSA) is 90.9 Å². The number of non-ortho nitro benzene ring substituents is 1. The van der Waals surface area contributed by atoms with E-state index < -0.39 is 4.92 Å². The number of carbonyl (C=O) groups excluding carboxylic acids is 1. The van der Waals surface area contributed by atoms with E-state index in [4.69, 9.17) is 11.6 Å². The molecule has 0 bridgehead atoms. The number of Topliss-reactive ketones (excluding diaryl/α,β-unsaturated/α-hetero) is 1. The molecule has 2 aromatic carbocycles. The molecular weight excluding hydrogens is 444 g/mol. The molecule has 0 unspecified atom stereocenters. The molecule has 0 spiro atoms. The van der Waals surface area contributed by atoms with Gasteiger partial charge in [-0.3, -0.25) is 14.9 Å². The number of thiophene rings is 1. The number of hydrogen-bond donors (Lipinski definition) is 0. The zero-order valence-corrected chi connectivity index (χ0v) is 18.1. The Morgan fingerprint density at radius 2 is 1.93 bits per heavy atom. The van der Waals surface area contributed by atoms with Gasteiger partial charge < -0.3 is 4.57 Å². The van der Waals surface area contributed by atoms with Crippen LogP contribution in [-0.4, -0.2) is 31.2 Å². The minimum atomic E-state index is -0.493. The van der Waals surface area contributed by atoms with E-state index in [1.165, 1.54) is 36.0 Å². The van der Waals surface area contributed by atoms with Gasteiger partial charge in [0.25, 0.3) is 5.69 Å². The Kier molecular flexibility index (Phi) is 5.85. The Labute approximate surface area is 184 Å². The second-order valence-corrected chi connectivity index (χ2v) is 8.68. The number of aromatic nitrogens is 3. The summed E-state index contributed by atoms with van der Waals surface area (Å²) in [5.74, 6) is 0.687. The average Bonchev–Trinajstić information content (AvgIpc) is 3.32. The molecule has 0 amide bonds. The first-order valence-electron chi connectivity index (χ1n) is 9.00. The van der Waals surface area contributed by atoms with Crippen molar-refractivity contribution in [2.45, 2.75) is 18.6 Å². The predicted octanol–water partition coefficient (Wildman–Crippen LogP) is 5.72. The van der Waals surface area contributed by atoms with Crippen molar-refractivity contribution >= 4 is 56.3 Å². The number of hydrogen-bond acceptors (Lipinski definition) is 7. The Bertz CT molecular complexity index is 1250. The predicted molar refractivity (Wildman–Crippen MR) is 120 cm³/mol. The molecule has 152 valence electrons. The quantitative estimate of drug-likeness (QED) is 0.152. The van der Waals surface area contributed by atoms with Gasteiger partial charge in [0.1, 0.15) is 0 Å². The highest BCUT2D eigenvalue weighted by Gasteiger charge is 2.20. The molecule has 0 aliphatic rings. The van der Waals surface area contributed by atoms with Crippen molar-refractivity contribution in [1.29, 1.82) is 0 Å². The molecule has 0 aliphatic carbocycles. The zero-order chi connectivity index (χ0) is 21.3. The van der Waals surface area contributed by atoms with Gasteiger partial charge in [0.15, 0.2) is 16.8 Å². The van der Waals surface area contributed by atoms with Gasteiger partial charge in [-0.15, -0.1) is 21.5 Å². The van der Waals surface area contributed by atoms with Crippen LogP contribution in [0.15, 0.2) is 53.7 Å². The zero-order valence-electron chi connectivity index (χ0n) is 15.7. The number of nitrogens with zero attached hydrogens (tertiary/aromatic N) is 4. The lowest BCUT2D eigenvalue weighted by Crippen LogP contribution is -2.05. The standard InChI is InChI=1S/C20H15ClN4O3S2/c1-2-24-19(18-17(21)14-5-3-4-6-16(14)30-18)22-23-20(24)29-11-15(26)12-7-9-13(10-8-12)25(27)28/h3-10H,2,11H2,1H3. The summed E-state index contributed by atoms with van der Waals surface area (Å²) in [6.45, 7) is 2.61. The third-order valence-corrected chi connectivity index (χ3v) is 7.14. The van der Waals surface area contributed by atoms with Crippen molar-refractivity contribution in [1.82, 2.24) is 14.8 Å². The lowest BCUT2D eigenvalue weighted by molar-refractivity contribution is -0.384. The summed E-state index contributed by atoms with van der Waals surface area (Å²) in [6.07, 6.45) is 0. The van der Waals surface area contributed by atoms with Gasteiger partial charge in [-0.05, 0) is 25.1 Å². The lowest BCUT2D eigenvalue weighted by Gasteiger charge is -2.06. The summed E-state index contributed by atoms with van der Waals surface area (Å²) in [5, 5.41) is 21.6. The molecule has 0 atom stereocenters. The lowest BCUT2D eigenvalue weighted by atomic mass is 10.1. The van der Waals surface area contributed by atoms with E-state index in [0.717, 1.165) is 15.0 Å². The molecule has 2 aromatic heterocycles. The minimum Gasteiger partial charge on any atom is -0.302 e. The maximum Gasteiger partial charge on any atom is 0.269 e. The van der Waals surface area contributed by atoms with Crippen LogP contribution >= 0.6 is 34.7 Å². The molecular formula is C20H15ClN4O3S2. The fraction of sp³-hybridized carbons (Fsp3) is 0.150. The number of nitro groups is 1. The SMILES string of the molecule is CCn1c(SCC(=O)c2ccc([N+](=O)[O-])cc2)nnc1-c1sc2ccccc2c1Cl. The second kappa shape index (κ2) is 8.55. The number of carbonyl (C=O) groups is 1. The van der Waals surface area contributed by atoms with Gasteiger partial charge >= 0.3 is 0 Å². The fourth-order valence-electron chi connectivity index (χ4n) is 2.99. The van der Waals surface area contributed by atoms with E-state index in [1.807, 2.05) is 35.8 Å². The molecule has 4 aromatic rings. The van der Waals surface area contributed by atoms with Crippen molar-refractivity contribution in [2.75, 3.05) is 5.75 Å². The summed E-state index contributed by atoms with van der Waals surface area (Å²) < 4.78 is 3.01. The number of halogens is 1. The van der Waals surface area contributed by atoms with Crippen LogP contribution in [0.1, 0.15) is 17.3 Å². The van der Waals surface area contributed by atoms with Gasteiger partial charge in [-0.1, -0.05) is 41.6 Å². The van der Waals surface area contributed by atoms with E-state index in [2.05, 4.69) is 10.2 Å². The Morgan fingerprint density at radius 1 is 1.20 bits per heavy atom. The number of benzene rings is 2. The normalized spacial score (nSPS) is 11.1. The molecule has 0 saturated carbocycles. The highest BCUT2D eigenvalue weighted by molar-refractivity contribution is 7.99. The fourth-order valence-corrected chi connectivity index (χ4v) is 5.40. The third-order valence-electron chi connectivity index (χ3n) is 4.50. The monoisotopic (exact) mass is 458 g/mol. The van der Waals surface area contributed by atoms with E-state index in [9.17, 15) is 14.9 Å². The average molecular weight is 459 g/mol. The van der Waals surface area contributed by atoms with Crippen LogP contribution in [0.2, 0.25) is 5.02 Å². The van der Waals surface area contributed by atoms with Crippen LogP contribution in [0.5, 0.6) is 0 Å². The van der Waals surface area contributed by atoms with E-state index in [-0.39, 0.29) is 17.2 Å². The molecule has 10 heteroatoms. The molecule has 2 heterocycles. The van der Waals surface area contributed by atoms with Crippen LogP contribution in [-0.2, 0) is 6.54 Å². The van der Waals surface area contributed by atoms with Crippen LogP contribution in [0.4, 0.5) is 5.69 Å². The number of ketones is 1. The van der Waals surface area contributed by atoms with Gasteiger partial charge in [0.05, 0.1) is 20.6 Å². The summed E-state index contributed by atoms with van der Waals surface area (Å²) in [5.41, 5.74) is 0.373. The highest BCUT2D eigenvalue weighted by atomic mass is 35.5. The first-order valence-corrected chi connectivity index (χ1v) is 11.2. The van der Waals surface area contributed by atoms with Crippen molar-refractivity contribution < 1.29 is 9.72 Å². The molecule has 0 saturated heterocycles. The minimum absolute atomic E-state index is 0.0465. The summed E-state index contributed by atoms with van der Waals surface area (Å²) >= 11 is 9.43. The molecule has 0 N–H and O–H groups in total. The Balaban J connectivity index is 1.56. The maximum atomic E-state index is 12.5. The van der Waals surface area contributed by atoms with Crippen LogP contribution in [0.3, 0.4) is 0 Å². The largest absolute Gasteiger partial charge is 0.302 e. The molecule has 30 heavy (non-hydrogen) atoms. The number of fused-ring (bicyclic) bond motifs is 1. The summed E-state index contributed by atoms with van der Waals surface area (Å²) in [4.78, 5) is 23.6. The first kappa shape index (κ1) is 20.5. The van der Waals surface area contributed by atoms with Crippen molar-refractivity contribution in [3.8, 4) is 10.7 Å². The van der Waals surface area contributed by atoms with Gasteiger partial charge in [0.2, 0.25) is 0 Å². The van der Waals surface area contributed by atoms with E-state index >= 15 is 0 Å². The van der Waals surface area contributed by atoms with Crippen LogP contribution in [0, 0.1) is 10.1 Å². The van der Waals surface area contributed by atoms with Crippen LogP contribution < -0.4 is 0 Å². The molecule has 0 aliphatic heterocycles. The molecule has 0 radical (unpaired) electrons. The van der Waals surface area contributed by atoms with Crippen molar-refractivity contribution in [3.63, 3.8) is 0 Å². The van der Waals surface area contributed by atoms with E-state index in [0.29, 0.717) is 28.1 Å². The Morgan fingerprint density at radius 3 is 2.60 bits per heavy atom. The molecule has 7 nitrogen and oxygen atoms in total. The number of thioether (sulfide) groups is 1. The molecule has 0 fully saturated rings. The summed E-state index contributed by atoms with van der Waals surface area (Å²) in [6, 6.07) is 13.5. The second-order valence-electron chi connectivity index (χ2n) is 6.31. The smallest absolute Gasteiger partial charge is 0.269 e. The van der Waals surface area contributed by atoms with E-state index in [1.54, 1.807) is 11.3 Å². The molecule has 4 rings (SSSR count). The summed E-state index contributed by atoms with van der Waals surface area (Å²) in [7, 11) is 0. The van der Waals surface area contributed by atoms with Crippen molar-refractivity contribution in [3.05, 3.63) is 69.2 Å². The number of nitro benzene ring substituents is 1. The van der Waals surface area contributed by atoms with Crippen LogP contribution in [0.25, 0.3) is 20.8 Å². The highest BCUT2D eigenvalue weighted by Crippen LogP contribution is 2.41. The first-order chi connectivity index (χ1) is 14.5. The van der Waals surface area contributed by atoms with Gasteiger partial charge in [-0.2, -0.15) is 0 Å². The van der Waals surface area contributed by atoms with Gasteiger partial charge in [-0.25, -0.2) is 0 Å². The van der Waals surface area contributed by atoms with Gasteiger partial charge in [0, 0.05) is 34.3 Å². The number of rotatable bonds is 7. The van der Waals surface area contributed by atoms with Crippen molar-refractivity contribution in [2.24, 2.45) is 0 Å². The third kappa shape index (κ3) is 3.83. The maximum absolute atomic E-state index is 12.5.